The minimum Gasteiger partial charge on any atom is -0.377 e. The molecule has 1 aromatic rings. The second-order valence-electron chi connectivity index (χ2n) is 4.32. The normalized spacial score (nSPS) is 14.1. The van der Waals surface area contributed by atoms with E-state index in [4.69, 9.17) is 4.74 Å². The molecular weight excluding hydrogens is 206 g/mol. The van der Waals surface area contributed by atoms with E-state index in [2.05, 4.69) is 41.5 Å². The van der Waals surface area contributed by atoms with Gasteiger partial charge >= 0.3 is 0 Å². The third-order valence-corrected chi connectivity index (χ3v) is 2.75. The van der Waals surface area contributed by atoms with Gasteiger partial charge in [0.1, 0.15) is 0 Å². The Labute approximate surface area is 96.4 Å². The molecule has 1 heterocycles. The molecule has 1 N–H and O–H groups in total. The van der Waals surface area contributed by atoms with Crippen molar-refractivity contribution < 1.29 is 4.74 Å². The third-order valence-electron chi connectivity index (χ3n) is 2.75. The van der Waals surface area contributed by atoms with Gasteiger partial charge in [0.15, 0.2) is 5.82 Å². The van der Waals surface area contributed by atoms with Crippen LogP contribution in [0, 0.1) is 0 Å². The van der Waals surface area contributed by atoms with Crippen LogP contribution < -0.4 is 5.32 Å². The van der Waals surface area contributed by atoms with Crippen LogP contribution in [0.1, 0.15) is 26.6 Å². The van der Waals surface area contributed by atoms with E-state index in [0.717, 1.165) is 12.4 Å². The van der Waals surface area contributed by atoms with Gasteiger partial charge in [0.05, 0.1) is 12.6 Å². The second kappa shape index (κ2) is 5.36. The summed E-state index contributed by atoms with van der Waals surface area (Å²) in [7, 11) is 3.48. The zero-order valence-corrected chi connectivity index (χ0v) is 10.7. The van der Waals surface area contributed by atoms with Crippen LogP contribution in [-0.2, 0) is 18.2 Å². The topological polar surface area (TPSA) is 64.9 Å². The molecular formula is C10H21N5O. The first-order chi connectivity index (χ1) is 7.49. The lowest BCUT2D eigenvalue weighted by molar-refractivity contribution is -0.0101. The zero-order chi connectivity index (χ0) is 12.2. The molecule has 0 radical (unpaired) electrons. The van der Waals surface area contributed by atoms with Gasteiger partial charge < -0.3 is 10.1 Å². The van der Waals surface area contributed by atoms with Crippen molar-refractivity contribution in [1.29, 1.82) is 0 Å². The fourth-order valence-corrected chi connectivity index (χ4v) is 1.54. The van der Waals surface area contributed by atoms with Crippen molar-refractivity contribution in [2.75, 3.05) is 13.7 Å². The number of methoxy groups -OCH3 is 1. The van der Waals surface area contributed by atoms with Crippen LogP contribution in [0.5, 0.6) is 0 Å². The SMILES string of the molecule is CCNC(Cc1nnn(C)n1)C(C)(C)OC. The summed E-state index contributed by atoms with van der Waals surface area (Å²) in [6.07, 6.45) is 0.711. The zero-order valence-electron chi connectivity index (χ0n) is 10.7. The molecule has 0 aliphatic heterocycles. The number of nitrogens with one attached hydrogen (secondary N) is 1. The van der Waals surface area contributed by atoms with Crippen LogP contribution in [0.3, 0.4) is 0 Å². The fourth-order valence-electron chi connectivity index (χ4n) is 1.54. The van der Waals surface area contributed by atoms with Crippen molar-refractivity contribution in [2.24, 2.45) is 7.05 Å². The molecule has 0 spiro atoms. The summed E-state index contributed by atoms with van der Waals surface area (Å²) in [5.41, 5.74) is -0.255. The Morgan fingerprint density at radius 2 is 2.19 bits per heavy atom. The first kappa shape index (κ1) is 13.1. The summed E-state index contributed by atoms with van der Waals surface area (Å²) >= 11 is 0. The molecule has 0 aromatic carbocycles. The number of aryl methyl sites for hydroxylation is 1. The predicted molar refractivity (Wildman–Crippen MR) is 61.1 cm³/mol. The molecule has 6 heteroatoms. The molecule has 92 valence electrons. The van der Waals surface area contributed by atoms with Gasteiger partial charge in [-0.15, -0.1) is 10.2 Å². The summed E-state index contributed by atoms with van der Waals surface area (Å²) in [6, 6.07) is 0.173. The lowest BCUT2D eigenvalue weighted by Gasteiger charge is -2.33. The highest BCUT2D eigenvalue weighted by atomic mass is 16.5. The summed E-state index contributed by atoms with van der Waals surface area (Å²) in [5, 5.41) is 15.4. The standard InChI is InChI=1S/C10H21N5O/c1-6-11-8(10(2,3)16-5)7-9-12-14-15(4)13-9/h8,11H,6-7H2,1-5H3. The molecule has 0 aliphatic carbocycles. The van der Waals surface area contributed by atoms with Crippen LogP contribution in [0.25, 0.3) is 0 Å². The van der Waals surface area contributed by atoms with Crippen LogP contribution in [0.2, 0.25) is 0 Å². The van der Waals surface area contributed by atoms with Gasteiger partial charge in [-0.05, 0) is 25.6 Å². The summed E-state index contributed by atoms with van der Waals surface area (Å²) in [6.45, 7) is 7.06. The van der Waals surface area contributed by atoms with Crippen LogP contribution >= 0.6 is 0 Å². The van der Waals surface area contributed by atoms with Crippen LogP contribution in [0.15, 0.2) is 0 Å². The lowest BCUT2D eigenvalue weighted by atomic mass is 9.95. The molecule has 1 unspecified atom stereocenters. The molecule has 0 fully saturated rings. The number of nitrogens with zero attached hydrogens (tertiary/aromatic N) is 4. The highest BCUT2D eigenvalue weighted by molar-refractivity contribution is 4.93. The Morgan fingerprint density at radius 1 is 1.50 bits per heavy atom. The summed E-state index contributed by atoms with van der Waals surface area (Å²) in [4.78, 5) is 1.47. The molecule has 0 saturated heterocycles. The van der Waals surface area contributed by atoms with Gasteiger partial charge in [-0.2, -0.15) is 4.80 Å². The predicted octanol–water partition coefficient (Wildman–Crippen LogP) is 0.156. The maximum atomic E-state index is 5.49. The number of likely N-dealkylation sites (N-methyl/N-ethyl adjacent to an activating group) is 1. The van der Waals surface area contributed by atoms with E-state index in [0.29, 0.717) is 6.42 Å². The van der Waals surface area contributed by atoms with Gasteiger partial charge in [0, 0.05) is 19.6 Å². The van der Waals surface area contributed by atoms with Gasteiger partial charge in [-0.3, -0.25) is 0 Å². The van der Waals surface area contributed by atoms with E-state index in [9.17, 15) is 0 Å². The third kappa shape index (κ3) is 3.24. The van der Waals surface area contributed by atoms with Crippen LogP contribution in [0.4, 0.5) is 0 Å². The molecule has 1 atom stereocenters. The summed E-state index contributed by atoms with van der Waals surface area (Å²) in [5.74, 6) is 0.735. The minimum absolute atomic E-state index is 0.173. The minimum atomic E-state index is -0.255. The Kier molecular flexibility index (Phi) is 4.37. The molecule has 1 rings (SSSR count). The molecule has 0 bridgehead atoms. The van der Waals surface area contributed by atoms with Crippen molar-refractivity contribution in [2.45, 2.75) is 38.8 Å². The van der Waals surface area contributed by atoms with Crippen molar-refractivity contribution in [3.63, 3.8) is 0 Å². The Morgan fingerprint density at radius 3 is 2.62 bits per heavy atom. The monoisotopic (exact) mass is 227 g/mol. The molecule has 0 aliphatic rings. The first-order valence-corrected chi connectivity index (χ1v) is 5.51. The van der Waals surface area contributed by atoms with E-state index in [-0.39, 0.29) is 11.6 Å². The van der Waals surface area contributed by atoms with E-state index in [1.54, 1.807) is 14.2 Å². The number of tetrazole rings is 1. The van der Waals surface area contributed by atoms with Crippen molar-refractivity contribution in [3.8, 4) is 0 Å². The highest BCUT2D eigenvalue weighted by Crippen LogP contribution is 2.16. The molecule has 0 saturated carbocycles. The van der Waals surface area contributed by atoms with E-state index in [1.165, 1.54) is 4.80 Å². The van der Waals surface area contributed by atoms with Gasteiger partial charge in [-0.1, -0.05) is 6.92 Å². The number of hydrogen-bond donors (Lipinski definition) is 1. The second-order valence-corrected chi connectivity index (χ2v) is 4.32. The number of rotatable bonds is 6. The van der Waals surface area contributed by atoms with Gasteiger partial charge in [0.25, 0.3) is 0 Å². The Balaban J connectivity index is 2.71. The van der Waals surface area contributed by atoms with Crippen molar-refractivity contribution >= 4 is 0 Å². The van der Waals surface area contributed by atoms with Crippen molar-refractivity contribution in [1.82, 2.24) is 25.5 Å². The van der Waals surface area contributed by atoms with Crippen LogP contribution in [-0.4, -0.2) is 45.5 Å². The average molecular weight is 227 g/mol. The first-order valence-electron chi connectivity index (χ1n) is 5.51. The smallest absolute Gasteiger partial charge is 0.176 e. The molecule has 1 aromatic heterocycles. The Hall–Kier alpha value is -1.01. The lowest BCUT2D eigenvalue weighted by Crippen LogP contribution is -2.49. The fraction of sp³-hybridized carbons (Fsp3) is 0.900. The maximum Gasteiger partial charge on any atom is 0.176 e. The molecule has 6 nitrogen and oxygen atoms in total. The van der Waals surface area contributed by atoms with Gasteiger partial charge in [-0.25, -0.2) is 0 Å². The summed E-state index contributed by atoms with van der Waals surface area (Å²) < 4.78 is 5.49. The quantitative estimate of drug-likeness (QED) is 0.749. The Bertz CT molecular complexity index is 323. The number of aromatic nitrogens is 4. The van der Waals surface area contributed by atoms with E-state index >= 15 is 0 Å². The largest absolute Gasteiger partial charge is 0.377 e. The van der Waals surface area contributed by atoms with Crippen molar-refractivity contribution in [3.05, 3.63) is 5.82 Å². The maximum absolute atomic E-state index is 5.49. The average Bonchev–Trinajstić information content (AvgIpc) is 2.63. The van der Waals surface area contributed by atoms with E-state index in [1.807, 2.05) is 0 Å². The van der Waals surface area contributed by atoms with Gasteiger partial charge in [0.2, 0.25) is 0 Å². The molecule has 0 amide bonds. The highest BCUT2D eigenvalue weighted by Gasteiger charge is 2.29. The number of ether oxygens (including phenoxy) is 1. The van der Waals surface area contributed by atoms with E-state index < -0.39 is 0 Å². The molecule has 16 heavy (non-hydrogen) atoms. The number of hydrogen-bond acceptors (Lipinski definition) is 5.